The fraction of sp³-hybridized carbons (Fsp3) is 0.571. The number of halogens is 2. The Balaban J connectivity index is 2.35. The molecule has 112 valence electrons. The maximum Gasteiger partial charge on any atom is 0.244 e. The summed E-state index contributed by atoms with van der Waals surface area (Å²) in [5.41, 5.74) is 1.01. The molecule has 1 aliphatic rings. The van der Waals surface area contributed by atoms with E-state index < -0.39 is 10.0 Å². The summed E-state index contributed by atoms with van der Waals surface area (Å²) in [5, 5.41) is 0. The Morgan fingerprint density at radius 1 is 1.25 bits per heavy atom. The van der Waals surface area contributed by atoms with E-state index in [4.69, 9.17) is 0 Å². The van der Waals surface area contributed by atoms with Crippen LogP contribution >= 0.6 is 31.9 Å². The molecule has 1 aromatic rings. The monoisotopic (exact) mass is 423 g/mol. The highest BCUT2D eigenvalue weighted by atomic mass is 79.9. The number of hydrogen-bond donors (Lipinski definition) is 0. The Morgan fingerprint density at radius 3 is 2.45 bits per heavy atom. The number of aryl methyl sites for hydroxylation is 1. The molecule has 0 spiro atoms. The molecule has 1 saturated heterocycles. The van der Waals surface area contributed by atoms with E-state index in [9.17, 15) is 8.42 Å². The van der Waals surface area contributed by atoms with Gasteiger partial charge in [-0.3, -0.25) is 0 Å². The molecule has 0 aliphatic carbocycles. The van der Waals surface area contributed by atoms with Gasteiger partial charge >= 0.3 is 0 Å². The average molecular weight is 425 g/mol. The van der Waals surface area contributed by atoms with E-state index in [1.165, 1.54) is 0 Å². The van der Waals surface area contributed by atoms with Crippen LogP contribution < -0.4 is 0 Å². The summed E-state index contributed by atoms with van der Waals surface area (Å²) in [6, 6.07) is 3.53. The van der Waals surface area contributed by atoms with Gasteiger partial charge < -0.3 is 0 Å². The van der Waals surface area contributed by atoms with E-state index in [0.717, 1.165) is 16.5 Å². The first-order valence-corrected chi connectivity index (χ1v) is 9.72. The minimum Gasteiger partial charge on any atom is -0.207 e. The van der Waals surface area contributed by atoms with Crippen molar-refractivity contribution in [3.8, 4) is 0 Å². The van der Waals surface area contributed by atoms with Crippen LogP contribution in [0.2, 0.25) is 0 Å². The number of benzene rings is 1. The molecule has 1 fully saturated rings. The van der Waals surface area contributed by atoms with Gasteiger partial charge in [0, 0.05) is 22.0 Å². The lowest BCUT2D eigenvalue weighted by atomic mass is 9.96. The topological polar surface area (TPSA) is 37.4 Å². The zero-order valence-corrected chi connectivity index (χ0v) is 15.8. The van der Waals surface area contributed by atoms with Crippen LogP contribution in [0.4, 0.5) is 0 Å². The van der Waals surface area contributed by atoms with Crippen LogP contribution in [0.15, 0.2) is 26.0 Å². The zero-order valence-electron chi connectivity index (χ0n) is 11.9. The van der Waals surface area contributed by atoms with Gasteiger partial charge in [-0.2, -0.15) is 4.31 Å². The first-order chi connectivity index (χ1) is 9.23. The van der Waals surface area contributed by atoms with Crippen molar-refractivity contribution in [2.24, 2.45) is 11.8 Å². The molecule has 6 heteroatoms. The highest BCUT2D eigenvalue weighted by Crippen LogP contribution is 2.34. The predicted octanol–water partition coefficient (Wildman–Crippen LogP) is 4.19. The van der Waals surface area contributed by atoms with Gasteiger partial charge in [0.15, 0.2) is 0 Å². The van der Waals surface area contributed by atoms with Gasteiger partial charge in [-0.1, -0.05) is 29.8 Å². The molecule has 0 bridgehead atoms. The number of rotatable bonds is 3. The minimum atomic E-state index is -3.42. The minimum absolute atomic E-state index is 0.347. The molecular formula is C14H19Br2NO2S. The van der Waals surface area contributed by atoms with Gasteiger partial charge in [0.1, 0.15) is 0 Å². The Kier molecular flexibility index (Phi) is 4.99. The van der Waals surface area contributed by atoms with Crippen molar-refractivity contribution in [1.82, 2.24) is 4.31 Å². The first-order valence-electron chi connectivity index (χ1n) is 6.69. The normalized spacial score (nSPS) is 20.8. The Labute approximate surface area is 138 Å². The van der Waals surface area contributed by atoms with Crippen molar-refractivity contribution in [2.45, 2.75) is 32.1 Å². The van der Waals surface area contributed by atoms with Gasteiger partial charge in [0.25, 0.3) is 0 Å². The third-order valence-electron chi connectivity index (χ3n) is 3.96. The molecule has 2 rings (SSSR count). The number of nitrogens with zero attached hydrogens (tertiary/aromatic N) is 1. The van der Waals surface area contributed by atoms with Crippen LogP contribution in [-0.2, 0) is 10.0 Å². The van der Waals surface area contributed by atoms with Gasteiger partial charge in [0.05, 0.1) is 4.90 Å². The summed E-state index contributed by atoms with van der Waals surface area (Å²) in [6.45, 7) is 7.48. The van der Waals surface area contributed by atoms with Crippen molar-refractivity contribution in [1.29, 1.82) is 0 Å². The standard InChI is InChI=1S/C14H19Br2NO2S/c1-9(2)11-4-5-17(8-11)20(18,19)14-7-12(15)10(3)6-13(14)16/h6-7,9,11H,4-5,8H2,1-3H3. The third-order valence-corrected chi connectivity index (χ3v) is 7.64. The maximum absolute atomic E-state index is 12.8. The molecular weight excluding hydrogens is 406 g/mol. The molecule has 0 saturated carbocycles. The highest BCUT2D eigenvalue weighted by Gasteiger charge is 2.34. The molecule has 3 nitrogen and oxygen atoms in total. The number of hydrogen-bond acceptors (Lipinski definition) is 2. The second-order valence-corrected chi connectivity index (χ2v) is 9.30. The summed E-state index contributed by atoms with van der Waals surface area (Å²) in [5.74, 6) is 0.973. The van der Waals surface area contributed by atoms with Crippen LogP contribution in [0, 0.1) is 18.8 Å². The summed E-state index contributed by atoms with van der Waals surface area (Å²) in [4.78, 5) is 0.347. The van der Waals surface area contributed by atoms with E-state index in [0.29, 0.717) is 34.3 Å². The van der Waals surface area contributed by atoms with E-state index in [-0.39, 0.29) is 0 Å². The predicted molar refractivity (Wildman–Crippen MR) is 88.3 cm³/mol. The van der Waals surface area contributed by atoms with Crippen molar-refractivity contribution < 1.29 is 8.42 Å². The van der Waals surface area contributed by atoms with E-state index in [1.807, 2.05) is 13.0 Å². The van der Waals surface area contributed by atoms with Crippen LogP contribution in [0.1, 0.15) is 25.8 Å². The number of sulfonamides is 1. The second-order valence-electron chi connectivity index (χ2n) is 5.69. The van der Waals surface area contributed by atoms with Crippen LogP contribution in [0.5, 0.6) is 0 Å². The van der Waals surface area contributed by atoms with Crippen molar-refractivity contribution in [3.05, 3.63) is 26.6 Å². The molecule has 1 unspecified atom stereocenters. The summed E-state index contributed by atoms with van der Waals surface area (Å²) in [6.07, 6.45) is 0.946. The Hall–Kier alpha value is 0.0900. The SMILES string of the molecule is Cc1cc(Br)c(S(=O)(=O)N2CCC(C(C)C)C2)cc1Br. The lowest BCUT2D eigenvalue weighted by Gasteiger charge is -2.19. The summed E-state index contributed by atoms with van der Waals surface area (Å²) < 4.78 is 28.6. The fourth-order valence-corrected chi connectivity index (χ4v) is 5.63. The van der Waals surface area contributed by atoms with Crippen LogP contribution in [0.25, 0.3) is 0 Å². The molecule has 1 aromatic carbocycles. The molecule has 0 N–H and O–H groups in total. The molecule has 0 amide bonds. The first kappa shape index (κ1) is 16.5. The quantitative estimate of drug-likeness (QED) is 0.729. The van der Waals surface area contributed by atoms with E-state index >= 15 is 0 Å². The van der Waals surface area contributed by atoms with E-state index in [1.54, 1.807) is 10.4 Å². The van der Waals surface area contributed by atoms with E-state index in [2.05, 4.69) is 45.7 Å². The molecule has 1 aliphatic heterocycles. The molecule has 1 atom stereocenters. The summed E-state index contributed by atoms with van der Waals surface area (Å²) in [7, 11) is -3.42. The van der Waals surface area contributed by atoms with Crippen LogP contribution in [0.3, 0.4) is 0 Å². The average Bonchev–Trinajstić information content (AvgIpc) is 2.83. The molecule has 20 heavy (non-hydrogen) atoms. The van der Waals surface area contributed by atoms with Crippen molar-refractivity contribution in [2.75, 3.05) is 13.1 Å². The smallest absolute Gasteiger partial charge is 0.207 e. The molecule has 1 heterocycles. The van der Waals surface area contributed by atoms with Gasteiger partial charge in [-0.25, -0.2) is 8.42 Å². The summed E-state index contributed by atoms with van der Waals surface area (Å²) >= 11 is 6.79. The van der Waals surface area contributed by atoms with Crippen molar-refractivity contribution >= 4 is 41.9 Å². The van der Waals surface area contributed by atoms with Crippen molar-refractivity contribution in [3.63, 3.8) is 0 Å². The van der Waals surface area contributed by atoms with Gasteiger partial charge in [-0.05, 0) is 58.8 Å². The van der Waals surface area contributed by atoms with Crippen LogP contribution in [-0.4, -0.2) is 25.8 Å². The van der Waals surface area contributed by atoms with Gasteiger partial charge in [0.2, 0.25) is 10.0 Å². The maximum atomic E-state index is 12.8. The zero-order chi connectivity index (χ0) is 15.1. The molecule has 0 radical (unpaired) electrons. The second kappa shape index (κ2) is 6.07. The lowest BCUT2D eigenvalue weighted by Crippen LogP contribution is -2.29. The largest absolute Gasteiger partial charge is 0.244 e. The lowest BCUT2D eigenvalue weighted by molar-refractivity contribution is 0.388. The molecule has 0 aromatic heterocycles. The highest BCUT2D eigenvalue weighted by molar-refractivity contribution is 9.11. The van der Waals surface area contributed by atoms with Gasteiger partial charge in [-0.15, -0.1) is 0 Å². The Bertz CT molecular complexity index is 614. The fourth-order valence-electron chi connectivity index (χ4n) is 2.48. The Morgan fingerprint density at radius 2 is 1.90 bits per heavy atom. The third kappa shape index (κ3) is 3.13.